The van der Waals surface area contributed by atoms with Gasteiger partial charge in [0.25, 0.3) is 0 Å². The molecule has 27 heavy (non-hydrogen) atoms. The highest BCUT2D eigenvalue weighted by Crippen LogP contribution is 2.36. The van der Waals surface area contributed by atoms with E-state index in [9.17, 15) is 10.4 Å². The fraction of sp³-hybridized carbons (Fsp3) is 0.350. The monoisotopic (exact) mass is 369 g/mol. The summed E-state index contributed by atoms with van der Waals surface area (Å²) in [7, 11) is 0. The van der Waals surface area contributed by atoms with Gasteiger partial charge in [0.2, 0.25) is 0 Å². The second-order valence-corrected chi connectivity index (χ2v) is 6.54. The van der Waals surface area contributed by atoms with Gasteiger partial charge in [-0.1, -0.05) is 32.0 Å². The minimum absolute atomic E-state index is 0.163. The molecular formula is C20H27N5O2. The number of nitrogens with one attached hydrogen (secondary N) is 2. The Labute approximate surface area is 158 Å². The van der Waals surface area contributed by atoms with Crippen molar-refractivity contribution in [1.29, 1.82) is 0 Å². The molecule has 1 atom stereocenters. The zero-order chi connectivity index (χ0) is 19.4. The van der Waals surface area contributed by atoms with Gasteiger partial charge in [-0.05, 0) is 38.2 Å². The Kier molecular flexibility index (Phi) is 6.08. The summed E-state index contributed by atoms with van der Waals surface area (Å²) in [4.78, 5) is 6.97. The molecule has 0 saturated heterocycles. The lowest BCUT2D eigenvalue weighted by molar-refractivity contribution is -0.990. The zero-order valence-electron chi connectivity index (χ0n) is 15.8. The van der Waals surface area contributed by atoms with Crippen LogP contribution in [0.3, 0.4) is 0 Å². The Morgan fingerprint density at radius 3 is 2.63 bits per heavy atom. The maximum atomic E-state index is 11.7. The van der Waals surface area contributed by atoms with E-state index in [2.05, 4.69) is 29.0 Å². The largest absolute Gasteiger partial charge is 0.595 e. The Morgan fingerprint density at radius 1 is 1.19 bits per heavy atom. The summed E-state index contributed by atoms with van der Waals surface area (Å²) in [5.74, 6) is 0. The van der Waals surface area contributed by atoms with E-state index in [4.69, 9.17) is 5.73 Å². The molecule has 2 aromatic carbocycles. The molecule has 0 fully saturated rings. The number of aromatic nitrogens is 1. The lowest BCUT2D eigenvalue weighted by Gasteiger charge is -2.20. The third-order valence-electron chi connectivity index (χ3n) is 4.97. The smallest absolute Gasteiger partial charge is 0.190 e. The van der Waals surface area contributed by atoms with Crippen LogP contribution >= 0.6 is 0 Å². The maximum Gasteiger partial charge on any atom is 0.190 e. The van der Waals surface area contributed by atoms with Crippen molar-refractivity contribution >= 4 is 38.9 Å². The minimum atomic E-state index is -1.00. The van der Waals surface area contributed by atoms with Gasteiger partial charge in [0.15, 0.2) is 5.69 Å². The Balaban J connectivity index is 1.98. The van der Waals surface area contributed by atoms with Crippen LogP contribution in [0.1, 0.15) is 20.3 Å². The Bertz CT molecular complexity index is 925. The third-order valence-corrected chi connectivity index (χ3v) is 4.97. The third kappa shape index (κ3) is 3.96. The number of para-hydroxylation sites is 1. The van der Waals surface area contributed by atoms with Gasteiger partial charge < -0.3 is 21.2 Å². The molecule has 7 nitrogen and oxygen atoms in total. The highest BCUT2D eigenvalue weighted by molar-refractivity contribution is 6.13. The number of anilines is 2. The summed E-state index contributed by atoms with van der Waals surface area (Å²) in [5, 5.41) is 25.2. The van der Waals surface area contributed by atoms with Crippen LogP contribution in [0.2, 0.25) is 0 Å². The quantitative estimate of drug-likeness (QED) is 0.276. The lowest BCUT2D eigenvalue weighted by atomic mass is 10.1. The van der Waals surface area contributed by atoms with Gasteiger partial charge in [0, 0.05) is 23.7 Å². The number of quaternary nitrogens is 1. The number of rotatable bonds is 8. The van der Waals surface area contributed by atoms with E-state index >= 15 is 0 Å². The van der Waals surface area contributed by atoms with E-state index in [1.54, 1.807) is 12.1 Å². The molecule has 0 saturated carbocycles. The first-order valence-electron chi connectivity index (χ1n) is 9.37. The van der Waals surface area contributed by atoms with Gasteiger partial charge in [-0.15, -0.1) is 0 Å². The summed E-state index contributed by atoms with van der Waals surface area (Å²) >= 11 is 0. The predicted molar refractivity (Wildman–Crippen MR) is 110 cm³/mol. The molecule has 0 aliphatic carbocycles. The van der Waals surface area contributed by atoms with E-state index in [1.807, 2.05) is 24.3 Å². The molecule has 0 amide bonds. The molecular weight excluding hydrogens is 342 g/mol. The van der Waals surface area contributed by atoms with Crippen molar-refractivity contribution in [3.63, 3.8) is 0 Å². The van der Waals surface area contributed by atoms with Crippen LogP contribution in [0.25, 0.3) is 21.8 Å². The number of fused-ring (bicyclic) bond motifs is 2. The van der Waals surface area contributed by atoms with Crippen molar-refractivity contribution in [3.8, 4) is 0 Å². The number of hydrogen-bond donors (Lipinski definition) is 4. The molecule has 0 radical (unpaired) electrons. The van der Waals surface area contributed by atoms with Crippen molar-refractivity contribution in [1.82, 2.24) is 9.88 Å². The summed E-state index contributed by atoms with van der Waals surface area (Å²) in [6.45, 7) is 8.19. The first-order chi connectivity index (χ1) is 13.1. The standard InChI is InChI=1S/C20H27N5O2/c1-3-24(4-2)13-7-12-22-16-10-11-17(25(26)27)20-18(16)19(21)14-8-5-6-9-15(14)23-20/h5-6,8-11,22,25-26H,3-4,7,12-13H2,1-2H3,(H2,21,23). The molecule has 0 spiro atoms. The van der Waals surface area contributed by atoms with Crippen LogP contribution in [0, 0.1) is 5.21 Å². The molecule has 0 bridgehead atoms. The van der Waals surface area contributed by atoms with E-state index in [1.165, 1.54) is 0 Å². The van der Waals surface area contributed by atoms with E-state index in [-0.39, 0.29) is 5.69 Å². The van der Waals surface area contributed by atoms with Gasteiger partial charge in [0.1, 0.15) is 5.52 Å². The van der Waals surface area contributed by atoms with Crippen molar-refractivity contribution in [2.75, 3.05) is 37.2 Å². The number of hydrogen-bond acceptors (Lipinski definition) is 6. The molecule has 7 heteroatoms. The lowest BCUT2D eigenvalue weighted by Crippen LogP contribution is -2.99. The minimum Gasteiger partial charge on any atom is -0.595 e. The molecule has 3 rings (SSSR count). The number of benzene rings is 2. The second kappa shape index (κ2) is 8.49. The summed E-state index contributed by atoms with van der Waals surface area (Å²) < 4.78 is 0. The van der Waals surface area contributed by atoms with Crippen molar-refractivity contribution < 1.29 is 10.4 Å². The van der Waals surface area contributed by atoms with Crippen LogP contribution in [0.4, 0.5) is 17.1 Å². The number of pyridine rings is 1. The van der Waals surface area contributed by atoms with Gasteiger partial charge in [-0.2, -0.15) is 5.23 Å². The topological polar surface area (TPSA) is 102 Å². The molecule has 1 heterocycles. The first kappa shape index (κ1) is 19.3. The molecule has 3 aromatic rings. The van der Waals surface area contributed by atoms with Crippen molar-refractivity contribution in [3.05, 3.63) is 41.6 Å². The molecule has 1 unspecified atom stereocenters. The fourth-order valence-electron chi connectivity index (χ4n) is 3.42. The molecule has 5 N–H and O–H groups in total. The number of nitrogen functional groups attached to an aromatic ring is 1. The molecule has 1 aromatic heterocycles. The summed E-state index contributed by atoms with van der Waals surface area (Å²) in [6.07, 6.45) is 0.991. The van der Waals surface area contributed by atoms with Crippen molar-refractivity contribution in [2.45, 2.75) is 20.3 Å². The van der Waals surface area contributed by atoms with Gasteiger partial charge in [-0.3, -0.25) is 0 Å². The van der Waals surface area contributed by atoms with Crippen LogP contribution in [0.15, 0.2) is 36.4 Å². The number of nitrogens with zero attached hydrogens (tertiary/aromatic N) is 2. The average molecular weight is 369 g/mol. The van der Waals surface area contributed by atoms with Gasteiger partial charge in [-0.25, -0.2) is 10.2 Å². The highest BCUT2D eigenvalue weighted by Gasteiger charge is 2.17. The Morgan fingerprint density at radius 2 is 1.93 bits per heavy atom. The maximum absolute atomic E-state index is 11.7. The van der Waals surface area contributed by atoms with E-state index < -0.39 is 5.23 Å². The Hall–Kier alpha value is -2.45. The van der Waals surface area contributed by atoms with Gasteiger partial charge in [0.05, 0.1) is 16.6 Å². The summed E-state index contributed by atoms with van der Waals surface area (Å²) in [6, 6.07) is 10.9. The van der Waals surface area contributed by atoms with E-state index in [0.29, 0.717) is 22.1 Å². The predicted octanol–water partition coefficient (Wildman–Crippen LogP) is 2.52. The normalized spacial score (nSPS) is 12.8. The van der Waals surface area contributed by atoms with Gasteiger partial charge >= 0.3 is 0 Å². The van der Waals surface area contributed by atoms with Crippen LogP contribution < -0.4 is 16.3 Å². The number of nitrogens with two attached hydrogens (primary N) is 1. The zero-order valence-corrected chi connectivity index (χ0v) is 15.8. The first-order valence-corrected chi connectivity index (χ1v) is 9.37. The second-order valence-electron chi connectivity index (χ2n) is 6.54. The SMILES string of the molecule is CCN(CC)CCCNc1ccc([NH+]([O-])O)c2nc3ccccc3c(N)c12. The van der Waals surface area contributed by atoms with Crippen molar-refractivity contribution in [2.24, 2.45) is 0 Å². The van der Waals surface area contributed by atoms with Crippen LogP contribution in [0.5, 0.6) is 0 Å². The van der Waals surface area contributed by atoms with E-state index in [0.717, 1.165) is 43.7 Å². The fourth-order valence-corrected chi connectivity index (χ4v) is 3.42. The van der Waals surface area contributed by atoms with Crippen LogP contribution in [-0.4, -0.2) is 41.3 Å². The molecule has 0 aliphatic heterocycles. The summed E-state index contributed by atoms with van der Waals surface area (Å²) in [5.41, 5.74) is 9.11. The highest BCUT2D eigenvalue weighted by atomic mass is 16.8. The van der Waals surface area contributed by atoms with Crippen LogP contribution in [-0.2, 0) is 0 Å². The molecule has 0 aliphatic rings. The average Bonchev–Trinajstić information content (AvgIpc) is 2.68. The molecule has 144 valence electrons.